The van der Waals surface area contributed by atoms with E-state index in [1.54, 1.807) is 42.5 Å². The van der Waals surface area contributed by atoms with Crippen molar-refractivity contribution in [2.75, 3.05) is 26.6 Å². The van der Waals surface area contributed by atoms with Crippen LogP contribution in [0.15, 0.2) is 75.9 Å². The van der Waals surface area contributed by atoms with Crippen molar-refractivity contribution in [1.29, 1.82) is 0 Å². The number of hydrogen-bond donors (Lipinski definition) is 1. The second-order valence-electron chi connectivity index (χ2n) is 7.96. The first-order chi connectivity index (χ1) is 17.0. The predicted molar refractivity (Wildman–Crippen MR) is 130 cm³/mol. The molecule has 5 rings (SSSR count). The fourth-order valence-corrected chi connectivity index (χ4v) is 4.44. The number of carbonyl (C=O) groups excluding carboxylic acids is 1. The summed E-state index contributed by atoms with van der Waals surface area (Å²) in [5.41, 5.74) is 1.24. The molecule has 2 heterocycles. The molecule has 2 unspecified atom stereocenters. The van der Waals surface area contributed by atoms with E-state index in [2.05, 4.69) is 5.32 Å². The molecular weight excluding hydrogens is 450 g/mol. The largest absolute Gasteiger partial charge is 0.493 e. The minimum Gasteiger partial charge on any atom is -0.493 e. The van der Waals surface area contributed by atoms with E-state index < -0.39 is 23.6 Å². The van der Waals surface area contributed by atoms with Crippen LogP contribution in [0.2, 0.25) is 0 Å². The van der Waals surface area contributed by atoms with Crippen molar-refractivity contribution in [2.45, 2.75) is 12.0 Å². The fraction of sp³-hybridized carbons (Fsp3) is 0.185. The maximum absolute atomic E-state index is 13.5. The van der Waals surface area contributed by atoms with Crippen LogP contribution in [0.3, 0.4) is 0 Å². The third-order valence-corrected chi connectivity index (χ3v) is 6.00. The molecule has 0 bridgehead atoms. The van der Waals surface area contributed by atoms with Crippen molar-refractivity contribution < 1.29 is 28.2 Å². The van der Waals surface area contributed by atoms with Gasteiger partial charge in [0.1, 0.15) is 11.3 Å². The first kappa shape index (κ1) is 22.3. The molecule has 1 aliphatic heterocycles. The second kappa shape index (κ2) is 9.06. The van der Waals surface area contributed by atoms with Crippen LogP contribution in [-0.4, -0.2) is 33.3 Å². The first-order valence-electron chi connectivity index (χ1n) is 10.9. The number of ether oxygens (including phenoxy) is 4. The third-order valence-electron chi connectivity index (χ3n) is 6.00. The summed E-state index contributed by atoms with van der Waals surface area (Å²) in [6.07, 6.45) is -1.05. The van der Waals surface area contributed by atoms with Gasteiger partial charge in [-0.25, -0.2) is 4.79 Å². The van der Waals surface area contributed by atoms with Crippen LogP contribution in [-0.2, 0) is 4.79 Å². The first-order valence-corrected chi connectivity index (χ1v) is 10.9. The third kappa shape index (κ3) is 3.82. The smallest absolute Gasteiger partial charge is 0.344 e. The maximum atomic E-state index is 13.5. The SMILES string of the molecule is COc1cc(C2c3c(c4ccccc4oc3=O)OC2C(=O)Nc2ccccc2)cc(OC)c1OC. The highest BCUT2D eigenvalue weighted by Crippen LogP contribution is 2.48. The molecule has 1 N–H and O–H groups in total. The molecule has 3 aromatic carbocycles. The molecule has 1 aliphatic rings. The summed E-state index contributed by atoms with van der Waals surface area (Å²) < 4.78 is 28.3. The normalized spacial score (nSPS) is 16.3. The summed E-state index contributed by atoms with van der Waals surface area (Å²) in [6, 6.07) is 19.5. The highest BCUT2D eigenvalue weighted by Gasteiger charge is 2.45. The summed E-state index contributed by atoms with van der Waals surface area (Å²) >= 11 is 0. The molecule has 0 aliphatic carbocycles. The number of amides is 1. The Morgan fingerprint density at radius 3 is 2.20 bits per heavy atom. The summed E-state index contributed by atoms with van der Waals surface area (Å²) in [7, 11) is 4.51. The molecule has 4 aromatic rings. The number of rotatable bonds is 6. The Balaban J connectivity index is 1.70. The molecule has 8 nitrogen and oxygen atoms in total. The van der Waals surface area contributed by atoms with Gasteiger partial charge in [-0.1, -0.05) is 30.3 Å². The fourth-order valence-electron chi connectivity index (χ4n) is 4.44. The zero-order valence-electron chi connectivity index (χ0n) is 19.4. The zero-order chi connectivity index (χ0) is 24.5. The van der Waals surface area contributed by atoms with Crippen molar-refractivity contribution >= 4 is 22.6 Å². The van der Waals surface area contributed by atoms with Crippen LogP contribution in [0.4, 0.5) is 5.69 Å². The molecule has 2 atom stereocenters. The lowest BCUT2D eigenvalue weighted by Gasteiger charge is -2.21. The Hall–Kier alpha value is -4.46. The van der Waals surface area contributed by atoms with E-state index in [9.17, 15) is 9.59 Å². The second-order valence-corrected chi connectivity index (χ2v) is 7.96. The highest BCUT2D eigenvalue weighted by atomic mass is 16.5. The summed E-state index contributed by atoms with van der Waals surface area (Å²) in [6.45, 7) is 0. The van der Waals surface area contributed by atoms with Gasteiger partial charge >= 0.3 is 5.63 Å². The van der Waals surface area contributed by atoms with Gasteiger partial charge in [-0.2, -0.15) is 0 Å². The lowest BCUT2D eigenvalue weighted by molar-refractivity contribution is -0.122. The van der Waals surface area contributed by atoms with Crippen LogP contribution in [0.25, 0.3) is 11.0 Å². The highest BCUT2D eigenvalue weighted by molar-refractivity contribution is 5.97. The van der Waals surface area contributed by atoms with Crippen LogP contribution in [0, 0.1) is 0 Å². The van der Waals surface area contributed by atoms with E-state index in [0.29, 0.717) is 45.2 Å². The molecular formula is C27H23NO7. The van der Waals surface area contributed by atoms with Gasteiger partial charge in [0.05, 0.1) is 38.2 Å². The lowest BCUT2D eigenvalue weighted by atomic mass is 9.87. The molecule has 0 saturated heterocycles. The Bertz CT molecular complexity index is 1440. The van der Waals surface area contributed by atoms with Crippen molar-refractivity contribution in [3.63, 3.8) is 0 Å². The molecule has 0 saturated carbocycles. The van der Waals surface area contributed by atoms with Crippen molar-refractivity contribution in [2.24, 2.45) is 0 Å². The number of carbonyl (C=O) groups is 1. The predicted octanol–water partition coefficient (Wildman–Crippen LogP) is 4.35. The molecule has 1 aromatic heterocycles. The Morgan fingerprint density at radius 1 is 0.886 bits per heavy atom. The number of hydrogen-bond acceptors (Lipinski definition) is 7. The van der Waals surface area contributed by atoms with E-state index >= 15 is 0 Å². The van der Waals surface area contributed by atoms with Crippen molar-refractivity contribution in [1.82, 2.24) is 0 Å². The van der Waals surface area contributed by atoms with Gasteiger partial charge in [0.25, 0.3) is 5.91 Å². The quantitative estimate of drug-likeness (QED) is 0.416. The van der Waals surface area contributed by atoms with Crippen molar-refractivity contribution in [3.8, 4) is 23.0 Å². The maximum Gasteiger partial charge on any atom is 0.344 e. The van der Waals surface area contributed by atoms with Crippen LogP contribution in [0.5, 0.6) is 23.0 Å². The molecule has 35 heavy (non-hydrogen) atoms. The zero-order valence-corrected chi connectivity index (χ0v) is 19.4. The summed E-state index contributed by atoms with van der Waals surface area (Å²) in [4.78, 5) is 26.7. The van der Waals surface area contributed by atoms with Crippen LogP contribution < -0.4 is 29.9 Å². The van der Waals surface area contributed by atoms with Crippen LogP contribution >= 0.6 is 0 Å². The molecule has 8 heteroatoms. The van der Waals surface area contributed by atoms with E-state index in [0.717, 1.165) is 0 Å². The number of nitrogens with one attached hydrogen (secondary N) is 1. The molecule has 0 spiro atoms. The Kier molecular flexibility index (Phi) is 5.78. The van der Waals surface area contributed by atoms with Crippen molar-refractivity contribution in [3.05, 3.63) is 88.3 Å². The lowest BCUT2D eigenvalue weighted by Crippen LogP contribution is -2.35. The minimum atomic E-state index is -1.05. The van der Waals surface area contributed by atoms with Gasteiger partial charge < -0.3 is 28.7 Å². The number of para-hydroxylation sites is 2. The topological polar surface area (TPSA) is 96.2 Å². The van der Waals surface area contributed by atoms with Gasteiger partial charge in [-0.3, -0.25) is 4.79 Å². The number of fused-ring (bicyclic) bond motifs is 3. The van der Waals surface area contributed by atoms with E-state index in [-0.39, 0.29) is 5.56 Å². The van der Waals surface area contributed by atoms with Gasteiger partial charge in [0, 0.05) is 5.69 Å². The summed E-state index contributed by atoms with van der Waals surface area (Å²) in [5, 5.41) is 3.49. The summed E-state index contributed by atoms with van der Waals surface area (Å²) in [5.74, 6) is 0.306. The average molecular weight is 473 g/mol. The van der Waals surface area contributed by atoms with E-state index in [4.69, 9.17) is 23.4 Å². The monoisotopic (exact) mass is 473 g/mol. The van der Waals surface area contributed by atoms with E-state index in [1.165, 1.54) is 21.3 Å². The Labute approximate surface area is 201 Å². The van der Waals surface area contributed by atoms with E-state index in [1.807, 2.05) is 24.3 Å². The Morgan fingerprint density at radius 2 is 1.54 bits per heavy atom. The van der Waals surface area contributed by atoms with Gasteiger partial charge in [-0.15, -0.1) is 0 Å². The number of benzene rings is 3. The minimum absolute atomic E-state index is 0.256. The molecule has 1 amide bonds. The van der Waals surface area contributed by atoms with Gasteiger partial charge in [0.15, 0.2) is 17.6 Å². The molecule has 0 fully saturated rings. The van der Waals surface area contributed by atoms with Gasteiger partial charge in [-0.05, 0) is 42.0 Å². The average Bonchev–Trinajstić information content (AvgIpc) is 3.30. The number of methoxy groups -OCH3 is 3. The molecule has 178 valence electrons. The number of anilines is 1. The molecule has 0 radical (unpaired) electrons. The van der Waals surface area contributed by atoms with Gasteiger partial charge in [0.2, 0.25) is 5.75 Å². The van der Waals surface area contributed by atoms with Crippen LogP contribution in [0.1, 0.15) is 17.0 Å². The standard InChI is InChI=1S/C27H23NO7/c1-31-19-13-15(14-20(32-2)24(19)33-3)21-22-23(17-11-7-8-12-18(17)34-27(22)30)35-25(21)26(29)28-16-9-5-4-6-10-16/h4-14,21,25H,1-3H3,(H,28,29).